The van der Waals surface area contributed by atoms with Crippen LogP contribution in [0.2, 0.25) is 0 Å². The van der Waals surface area contributed by atoms with Gasteiger partial charge in [0.15, 0.2) is 5.82 Å². The lowest BCUT2D eigenvalue weighted by molar-refractivity contribution is 0.772. The molecule has 0 spiro atoms. The molecular weight excluding hydrogens is 216 g/mol. The van der Waals surface area contributed by atoms with Crippen LogP contribution in [0, 0.1) is 13.8 Å². The predicted molar refractivity (Wildman–Crippen MR) is 64.8 cm³/mol. The molecule has 0 atom stereocenters. The van der Waals surface area contributed by atoms with Gasteiger partial charge in [-0.15, -0.1) is 5.10 Å². The van der Waals surface area contributed by atoms with Crippen molar-refractivity contribution < 1.29 is 0 Å². The second kappa shape index (κ2) is 4.48. The summed E-state index contributed by atoms with van der Waals surface area (Å²) in [5, 5.41) is 4.32. The molecule has 90 valence electrons. The van der Waals surface area contributed by atoms with Crippen LogP contribution in [0.1, 0.15) is 30.6 Å². The first kappa shape index (κ1) is 11.5. The van der Waals surface area contributed by atoms with Gasteiger partial charge in [0.2, 0.25) is 0 Å². The summed E-state index contributed by atoms with van der Waals surface area (Å²) in [6.45, 7) is 5.84. The number of hydrogen-bond donors (Lipinski definition) is 1. The molecule has 0 amide bonds. The molecule has 0 saturated heterocycles. The number of anilines is 1. The second-order valence-electron chi connectivity index (χ2n) is 3.93. The Bertz CT molecular complexity index is 531. The summed E-state index contributed by atoms with van der Waals surface area (Å²) in [5.41, 5.74) is 6.82. The topological polar surface area (TPSA) is 82.5 Å². The van der Waals surface area contributed by atoms with Crippen LogP contribution >= 0.6 is 0 Å². The number of nitrogen functional groups attached to an aromatic ring is 1. The zero-order valence-electron chi connectivity index (χ0n) is 10.3. The van der Waals surface area contributed by atoms with Crippen LogP contribution in [0.15, 0.2) is 6.33 Å². The fourth-order valence-electron chi connectivity index (χ4n) is 1.81. The largest absolute Gasteiger partial charge is 0.383 e. The van der Waals surface area contributed by atoms with Gasteiger partial charge in [0, 0.05) is 5.56 Å². The molecule has 0 saturated carbocycles. The molecule has 0 aliphatic carbocycles. The fourth-order valence-corrected chi connectivity index (χ4v) is 1.81. The van der Waals surface area contributed by atoms with Gasteiger partial charge in [-0.25, -0.2) is 15.0 Å². The number of nitrogens with zero attached hydrogens (tertiary/aromatic N) is 5. The molecule has 6 nitrogen and oxygen atoms in total. The maximum atomic E-state index is 5.89. The summed E-state index contributed by atoms with van der Waals surface area (Å²) in [4.78, 5) is 12.6. The van der Waals surface area contributed by atoms with Gasteiger partial charge in [0.1, 0.15) is 23.8 Å². The Hall–Kier alpha value is -1.98. The van der Waals surface area contributed by atoms with Crippen LogP contribution < -0.4 is 5.73 Å². The minimum absolute atomic E-state index is 0.518. The van der Waals surface area contributed by atoms with Crippen molar-refractivity contribution in [2.24, 2.45) is 0 Å². The Morgan fingerprint density at radius 2 is 2.06 bits per heavy atom. The highest BCUT2D eigenvalue weighted by atomic mass is 15.4. The van der Waals surface area contributed by atoms with Crippen LogP contribution in [-0.2, 0) is 6.42 Å². The van der Waals surface area contributed by atoms with Crippen LogP contribution in [0.25, 0.3) is 5.82 Å². The Labute approximate surface area is 99.9 Å². The first-order valence-corrected chi connectivity index (χ1v) is 5.63. The van der Waals surface area contributed by atoms with E-state index in [0.717, 1.165) is 35.9 Å². The van der Waals surface area contributed by atoms with Gasteiger partial charge in [0.05, 0.1) is 0 Å². The molecule has 2 aromatic rings. The summed E-state index contributed by atoms with van der Waals surface area (Å²) in [6.07, 6.45) is 3.28. The van der Waals surface area contributed by atoms with Crippen molar-refractivity contribution in [1.82, 2.24) is 24.7 Å². The van der Waals surface area contributed by atoms with Crippen LogP contribution in [-0.4, -0.2) is 24.7 Å². The first-order chi connectivity index (χ1) is 8.13. The van der Waals surface area contributed by atoms with Gasteiger partial charge in [-0.2, -0.15) is 4.68 Å². The standard InChI is InChI=1S/C11H16N6/c1-4-5-9-10(12)13-6-14-11(9)17-8(3)15-7(2)16-17/h6H,4-5H2,1-3H3,(H2,12,13,14). The van der Waals surface area contributed by atoms with E-state index < -0.39 is 0 Å². The smallest absolute Gasteiger partial charge is 0.164 e. The van der Waals surface area contributed by atoms with Crippen LogP contribution in [0.4, 0.5) is 5.82 Å². The maximum Gasteiger partial charge on any atom is 0.164 e. The van der Waals surface area contributed by atoms with Crippen LogP contribution in [0.5, 0.6) is 0 Å². The molecule has 2 aromatic heterocycles. The molecule has 0 aliphatic heterocycles. The van der Waals surface area contributed by atoms with E-state index >= 15 is 0 Å². The first-order valence-electron chi connectivity index (χ1n) is 5.63. The Balaban J connectivity index is 2.58. The van der Waals surface area contributed by atoms with Crippen molar-refractivity contribution >= 4 is 5.82 Å². The van der Waals surface area contributed by atoms with Crippen molar-refractivity contribution in [1.29, 1.82) is 0 Å². The van der Waals surface area contributed by atoms with Gasteiger partial charge in [0.25, 0.3) is 0 Å². The summed E-state index contributed by atoms with van der Waals surface area (Å²) in [7, 11) is 0. The molecule has 2 rings (SSSR count). The average molecular weight is 232 g/mol. The van der Waals surface area contributed by atoms with Crippen molar-refractivity contribution in [3.05, 3.63) is 23.5 Å². The highest BCUT2D eigenvalue weighted by Crippen LogP contribution is 2.18. The van der Waals surface area contributed by atoms with Crippen molar-refractivity contribution in [3.63, 3.8) is 0 Å². The quantitative estimate of drug-likeness (QED) is 0.860. The maximum absolute atomic E-state index is 5.89. The lowest BCUT2D eigenvalue weighted by atomic mass is 10.1. The van der Waals surface area contributed by atoms with E-state index in [1.807, 2.05) is 13.8 Å². The van der Waals surface area contributed by atoms with E-state index in [9.17, 15) is 0 Å². The molecule has 0 radical (unpaired) electrons. The molecule has 17 heavy (non-hydrogen) atoms. The van der Waals surface area contributed by atoms with Crippen molar-refractivity contribution in [3.8, 4) is 5.82 Å². The number of rotatable bonds is 3. The average Bonchev–Trinajstić information content (AvgIpc) is 2.61. The fraction of sp³-hybridized carbons (Fsp3) is 0.455. The van der Waals surface area contributed by atoms with E-state index in [1.54, 1.807) is 4.68 Å². The Morgan fingerprint density at radius 1 is 1.29 bits per heavy atom. The van der Waals surface area contributed by atoms with Gasteiger partial charge >= 0.3 is 0 Å². The van der Waals surface area contributed by atoms with E-state index in [-0.39, 0.29) is 0 Å². The Morgan fingerprint density at radius 3 is 2.65 bits per heavy atom. The molecule has 6 heteroatoms. The minimum atomic E-state index is 0.518. The van der Waals surface area contributed by atoms with Gasteiger partial charge in [-0.05, 0) is 20.3 Å². The number of nitrogens with two attached hydrogens (primary N) is 1. The summed E-state index contributed by atoms with van der Waals surface area (Å²) in [6, 6.07) is 0. The summed E-state index contributed by atoms with van der Waals surface area (Å²) in [5.74, 6) is 2.78. The second-order valence-corrected chi connectivity index (χ2v) is 3.93. The SMILES string of the molecule is CCCc1c(N)ncnc1-n1nc(C)nc1C. The molecule has 0 bridgehead atoms. The lowest BCUT2D eigenvalue weighted by Crippen LogP contribution is -2.10. The van der Waals surface area contributed by atoms with E-state index in [2.05, 4.69) is 27.0 Å². The highest BCUT2D eigenvalue weighted by Gasteiger charge is 2.13. The van der Waals surface area contributed by atoms with Gasteiger partial charge < -0.3 is 5.73 Å². The zero-order chi connectivity index (χ0) is 12.4. The van der Waals surface area contributed by atoms with E-state index in [1.165, 1.54) is 6.33 Å². The minimum Gasteiger partial charge on any atom is -0.383 e. The van der Waals surface area contributed by atoms with E-state index in [0.29, 0.717) is 5.82 Å². The molecule has 0 aliphatic rings. The highest BCUT2D eigenvalue weighted by molar-refractivity contribution is 5.48. The lowest BCUT2D eigenvalue weighted by Gasteiger charge is -2.09. The van der Waals surface area contributed by atoms with Crippen LogP contribution in [0.3, 0.4) is 0 Å². The summed E-state index contributed by atoms with van der Waals surface area (Å²) >= 11 is 0. The molecular formula is C11H16N6. The number of hydrogen-bond acceptors (Lipinski definition) is 5. The third-order valence-corrected chi connectivity index (χ3v) is 2.53. The van der Waals surface area contributed by atoms with Gasteiger partial charge in [-0.1, -0.05) is 13.3 Å². The normalized spacial score (nSPS) is 10.8. The predicted octanol–water partition coefficient (Wildman–Crippen LogP) is 1.21. The van der Waals surface area contributed by atoms with Crippen molar-refractivity contribution in [2.75, 3.05) is 5.73 Å². The third kappa shape index (κ3) is 2.11. The Kier molecular flexibility index (Phi) is 3.03. The zero-order valence-corrected chi connectivity index (χ0v) is 10.3. The van der Waals surface area contributed by atoms with Crippen molar-refractivity contribution in [2.45, 2.75) is 33.6 Å². The molecule has 0 unspecified atom stereocenters. The van der Waals surface area contributed by atoms with E-state index in [4.69, 9.17) is 5.73 Å². The molecule has 0 aromatic carbocycles. The third-order valence-electron chi connectivity index (χ3n) is 2.53. The number of aromatic nitrogens is 5. The molecule has 2 N–H and O–H groups in total. The monoisotopic (exact) mass is 232 g/mol. The molecule has 2 heterocycles. The number of aryl methyl sites for hydroxylation is 2. The van der Waals surface area contributed by atoms with Gasteiger partial charge in [-0.3, -0.25) is 0 Å². The molecule has 0 fully saturated rings. The summed E-state index contributed by atoms with van der Waals surface area (Å²) < 4.78 is 1.72.